The topological polar surface area (TPSA) is 44.1 Å². The molecular weight excluding hydrogens is 228 g/mol. The predicted octanol–water partition coefficient (Wildman–Crippen LogP) is 2.76. The van der Waals surface area contributed by atoms with Crippen molar-refractivity contribution in [2.75, 3.05) is 0 Å². The maximum Gasteiger partial charge on any atom is 0.163 e. The minimum atomic E-state index is -0.203. The summed E-state index contributed by atoms with van der Waals surface area (Å²) in [6.45, 7) is 3.45. The van der Waals surface area contributed by atoms with E-state index in [2.05, 4.69) is 4.98 Å². The van der Waals surface area contributed by atoms with Gasteiger partial charge in [-0.05, 0) is 26.0 Å². The van der Waals surface area contributed by atoms with E-state index in [1.165, 1.54) is 6.92 Å². The van der Waals surface area contributed by atoms with Gasteiger partial charge in [0.15, 0.2) is 11.9 Å². The lowest BCUT2D eigenvalue weighted by atomic mass is 10.1. The molecule has 4 nitrogen and oxygen atoms in total. The van der Waals surface area contributed by atoms with Gasteiger partial charge in [0, 0.05) is 19.4 Å². The summed E-state index contributed by atoms with van der Waals surface area (Å²) in [5.74, 6) is 1.42. The molecule has 18 heavy (non-hydrogen) atoms. The summed E-state index contributed by atoms with van der Waals surface area (Å²) < 4.78 is 7.73. The molecule has 2 rings (SSSR count). The van der Waals surface area contributed by atoms with Gasteiger partial charge in [-0.2, -0.15) is 0 Å². The smallest absolute Gasteiger partial charge is 0.163 e. The molecule has 0 saturated heterocycles. The van der Waals surface area contributed by atoms with E-state index in [0.717, 1.165) is 5.82 Å². The number of carbonyl (C=O) groups excluding carboxylic acids is 1. The molecule has 0 fully saturated rings. The van der Waals surface area contributed by atoms with Gasteiger partial charge in [-0.25, -0.2) is 4.98 Å². The first-order valence-corrected chi connectivity index (χ1v) is 5.83. The number of ketones is 1. The average Bonchev–Trinajstić information content (AvgIpc) is 2.76. The molecule has 94 valence electrons. The molecular formula is C14H16N2O2. The van der Waals surface area contributed by atoms with Crippen LogP contribution in [-0.4, -0.2) is 15.3 Å². The maximum absolute atomic E-state index is 11.5. The van der Waals surface area contributed by atoms with E-state index in [-0.39, 0.29) is 11.9 Å². The van der Waals surface area contributed by atoms with Gasteiger partial charge in [0.05, 0.1) is 5.56 Å². The van der Waals surface area contributed by atoms with Crippen molar-refractivity contribution < 1.29 is 9.53 Å². The van der Waals surface area contributed by atoms with Crippen molar-refractivity contribution in [3.05, 3.63) is 48.0 Å². The van der Waals surface area contributed by atoms with Crippen LogP contribution in [0.25, 0.3) is 0 Å². The number of rotatable bonds is 4. The number of Topliss-reactive ketones (excluding diaryl/α,β-unsaturated/α-hetero) is 1. The summed E-state index contributed by atoms with van der Waals surface area (Å²) in [5, 5.41) is 0. The fourth-order valence-corrected chi connectivity index (χ4v) is 1.87. The highest BCUT2D eigenvalue weighted by molar-refractivity contribution is 5.96. The van der Waals surface area contributed by atoms with Crippen LogP contribution in [0.4, 0.5) is 0 Å². The zero-order chi connectivity index (χ0) is 13.1. The number of carbonyl (C=O) groups is 1. The van der Waals surface area contributed by atoms with Gasteiger partial charge in [-0.15, -0.1) is 0 Å². The Labute approximate surface area is 106 Å². The van der Waals surface area contributed by atoms with E-state index in [9.17, 15) is 4.79 Å². The number of aromatic nitrogens is 2. The number of para-hydroxylation sites is 1. The largest absolute Gasteiger partial charge is 0.482 e. The molecule has 0 N–H and O–H groups in total. The Hall–Kier alpha value is -2.10. The third-order valence-electron chi connectivity index (χ3n) is 2.79. The molecule has 0 bridgehead atoms. The first kappa shape index (κ1) is 12.4. The Morgan fingerprint density at radius 2 is 2.11 bits per heavy atom. The first-order valence-electron chi connectivity index (χ1n) is 5.83. The molecule has 0 aliphatic carbocycles. The molecule has 0 saturated carbocycles. The van der Waals surface area contributed by atoms with Crippen molar-refractivity contribution in [2.45, 2.75) is 20.0 Å². The van der Waals surface area contributed by atoms with Crippen LogP contribution in [0.5, 0.6) is 5.75 Å². The fraction of sp³-hybridized carbons (Fsp3) is 0.286. The second kappa shape index (κ2) is 5.04. The minimum absolute atomic E-state index is 0.00218. The second-order valence-corrected chi connectivity index (χ2v) is 4.21. The summed E-state index contributed by atoms with van der Waals surface area (Å²) in [7, 11) is 1.92. The van der Waals surface area contributed by atoms with Crippen LogP contribution in [0.15, 0.2) is 36.7 Å². The van der Waals surface area contributed by atoms with E-state index in [1.54, 1.807) is 18.3 Å². The number of ether oxygens (including phenoxy) is 1. The van der Waals surface area contributed by atoms with Gasteiger partial charge in [-0.1, -0.05) is 12.1 Å². The molecule has 2 aromatic rings. The van der Waals surface area contributed by atoms with Crippen LogP contribution in [0.2, 0.25) is 0 Å². The van der Waals surface area contributed by atoms with Gasteiger partial charge in [-0.3, -0.25) is 4.79 Å². The van der Waals surface area contributed by atoms with Crippen LogP contribution in [0.3, 0.4) is 0 Å². The Morgan fingerprint density at radius 1 is 1.39 bits per heavy atom. The van der Waals surface area contributed by atoms with Gasteiger partial charge in [0.1, 0.15) is 11.6 Å². The van der Waals surface area contributed by atoms with Crippen molar-refractivity contribution in [3.63, 3.8) is 0 Å². The second-order valence-electron chi connectivity index (χ2n) is 4.21. The first-order chi connectivity index (χ1) is 8.59. The van der Waals surface area contributed by atoms with Gasteiger partial charge < -0.3 is 9.30 Å². The zero-order valence-corrected chi connectivity index (χ0v) is 10.8. The van der Waals surface area contributed by atoms with Gasteiger partial charge in [0.2, 0.25) is 0 Å². The summed E-state index contributed by atoms with van der Waals surface area (Å²) in [5.41, 5.74) is 0.596. The standard InChI is InChI=1S/C14H16N2O2/c1-10(17)12-6-4-5-7-13(12)18-11(2)14-15-8-9-16(14)3/h4-9,11H,1-3H3. The molecule has 0 aliphatic heterocycles. The SMILES string of the molecule is CC(=O)c1ccccc1OC(C)c1nccn1C. The predicted molar refractivity (Wildman–Crippen MR) is 68.7 cm³/mol. The molecule has 1 atom stereocenters. The quantitative estimate of drug-likeness (QED) is 0.777. The fourth-order valence-electron chi connectivity index (χ4n) is 1.87. The Morgan fingerprint density at radius 3 is 2.72 bits per heavy atom. The highest BCUT2D eigenvalue weighted by Crippen LogP contribution is 2.24. The van der Waals surface area contributed by atoms with Crippen LogP contribution in [-0.2, 0) is 7.05 Å². The van der Waals surface area contributed by atoms with Crippen LogP contribution in [0, 0.1) is 0 Å². The number of hydrogen-bond acceptors (Lipinski definition) is 3. The highest BCUT2D eigenvalue weighted by atomic mass is 16.5. The van der Waals surface area contributed by atoms with E-state index in [4.69, 9.17) is 4.74 Å². The Balaban J connectivity index is 2.25. The molecule has 4 heteroatoms. The van der Waals surface area contributed by atoms with Gasteiger partial charge in [0.25, 0.3) is 0 Å². The highest BCUT2D eigenvalue weighted by Gasteiger charge is 2.15. The minimum Gasteiger partial charge on any atom is -0.482 e. The molecule has 0 radical (unpaired) electrons. The molecule has 0 amide bonds. The molecule has 0 spiro atoms. The van der Waals surface area contributed by atoms with Crippen LogP contribution in [0.1, 0.15) is 36.1 Å². The van der Waals surface area contributed by atoms with Crippen molar-refractivity contribution >= 4 is 5.78 Å². The van der Waals surface area contributed by atoms with Gasteiger partial charge >= 0.3 is 0 Å². The third-order valence-corrected chi connectivity index (χ3v) is 2.79. The summed E-state index contributed by atoms with van der Waals surface area (Å²) >= 11 is 0. The van der Waals surface area contributed by atoms with Crippen LogP contribution >= 0.6 is 0 Å². The monoisotopic (exact) mass is 244 g/mol. The average molecular weight is 244 g/mol. The summed E-state index contributed by atoms with van der Waals surface area (Å²) in [6.07, 6.45) is 3.39. The lowest BCUT2D eigenvalue weighted by Gasteiger charge is -2.16. The normalized spacial score (nSPS) is 12.2. The Bertz CT molecular complexity index is 560. The summed E-state index contributed by atoms with van der Waals surface area (Å²) in [6, 6.07) is 7.25. The lowest BCUT2D eigenvalue weighted by Crippen LogP contribution is -2.11. The number of nitrogens with zero attached hydrogens (tertiary/aromatic N) is 2. The molecule has 0 aliphatic rings. The number of hydrogen-bond donors (Lipinski definition) is 0. The summed E-state index contributed by atoms with van der Waals surface area (Å²) in [4.78, 5) is 15.7. The number of benzene rings is 1. The maximum atomic E-state index is 11.5. The third kappa shape index (κ3) is 2.42. The molecule has 1 aromatic carbocycles. The van der Waals surface area contributed by atoms with Crippen molar-refractivity contribution in [1.82, 2.24) is 9.55 Å². The molecule has 1 aromatic heterocycles. The Kier molecular flexibility index (Phi) is 3.46. The zero-order valence-electron chi connectivity index (χ0n) is 10.8. The number of aryl methyl sites for hydroxylation is 1. The van der Waals surface area contributed by atoms with Crippen LogP contribution < -0.4 is 4.74 Å². The van der Waals surface area contributed by atoms with Crippen molar-refractivity contribution in [1.29, 1.82) is 0 Å². The van der Waals surface area contributed by atoms with E-state index in [1.807, 2.05) is 36.9 Å². The van der Waals surface area contributed by atoms with Crippen molar-refractivity contribution in [2.24, 2.45) is 7.05 Å². The molecule has 1 heterocycles. The van der Waals surface area contributed by atoms with E-state index in [0.29, 0.717) is 11.3 Å². The van der Waals surface area contributed by atoms with E-state index >= 15 is 0 Å². The van der Waals surface area contributed by atoms with Crippen molar-refractivity contribution in [3.8, 4) is 5.75 Å². The molecule has 1 unspecified atom stereocenters. The lowest BCUT2D eigenvalue weighted by molar-refractivity contribution is 0.101. The number of imidazole rings is 1. The van der Waals surface area contributed by atoms with E-state index < -0.39 is 0 Å².